The van der Waals surface area contributed by atoms with Crippen LogP contribution in [0.1, 0.15) is 48.5 Å². The molecule has 1 aromatic carbocycles. The zero-order valence-electron chi connectivity index (χ0n) is 17.6. The Morgan fingerprint density at radius 3 is 2.34 bits per heavy atom. The first kappa shape index (κ1) is 21.2. The Labute approximate surface area is 172 Å². The molecule has 2 heterocycles. The van der Waals surface area contributed by atoms with Crippen LogP contribution in [0.4, 0.5) is 0 Å². The molecule has 7 nitrogen and oxygen atoms in total. The van der Waals surface area contributed by atoms with Crippen LogP contribution in [-0.2, 0) is 6.54 Å². The lowest BCUT2D eigenvalue weighted by atomic mass is 10.1. The summed E-state index contributed by atoms with van der Waals surface area (Å²) in [5.74, 6) is 2.24. The van der Waals surface area contributed by atoms with Gasteiger partial charge < -0.3 is 18.9 Å². The number of amides is 1. The summed E-state index contributed by atoms with van der Waals surface area (Å²) in [6, 6.07) is 7.44. The Bertz CT molecular complexity index is 797. The zero-order chi connectivity index (χ0) is 20.6. The van der Waals surface area contributed by atoms with Crippen LogP contribution in [-0.4, -0.2) is 60.3 Å². The summed E-state index contributed by atoms with van der Waals surface area (Å²) in [5.41, 5.74) is 1.53. The van der Waals surface area contributed by atoms with Crippen molar-refractivity contribution in [2.75, 3.05) is 39.4 Å². The third kappa shape index (κ3) is 5.73. The van der Waals surface area contributed by atoms with Gasteiger partial charge in [0, 0.05) is 37.8 Å². The van der Waals surface area contributed by atoms with E-state index in [0.717, 1.165) is 43.9 Å². The molecule has 0 saturated carbocycles. The van der Waals surface area contributed by atoms with Crippen molar-refractivity contribution in [3.8, 4) is 11.5 Å². The summed E-state index contributed by atoms with van der Waals surface area (Å²) < 4.78 is 16.9. The maximum atomic E-state index is 13.0. The van der Waals surface area contributed by atoms with Crippen LogP contribution >= 0.6 is 0 Å². The Morgan fingerprint density at radius 2 is 1.72 bits per heavy atom. The van der Waals surface area contributed by atoms with Gasteiger partial charge in [-0.05, 0) is 38.0 Å². The Kier molecular flexibility index (Phi) is 7.52. The second kappa shape index (κ2) is 10.3. The van der Waals surface area contributed by atoms with E-state index in [9.17, 15) is 4.79 Å². The number of piperazine rings is 1. The van der Waals surface area contributed by atoms with Crippen molar-refractivity contribution in [1.29, 1.82) is 0 Å². The third-order valence-corrected chi connectivity index (χ3v) is 4.83. The van der Waals surface area contributed by atoms with Gasteiger partial charge in [0.1, 0.15) is 0 Å². The Balaban J connectivity index is 1.60. The van der Waals surface area contributed by atoms with Crippen LogP contribution in [0.15, 0.2) is 28.8 Å². The van der Waals surface area contributed by atoms with Crippen LogP contribution in [0.25, 0.3) is 0 Å². The molecule has 158 valence electrons. The third-order valence-electron chi connectivity index (χ3n) is 4.83. The van der Waals surface area contributed by atoms with Crippen molar-refractivity contribution < 1.29 is 18.8 Å². The molecule has 0 spiro atoms. The first-order valence-electron chi connectivity index (χ1n) is 10.4. The summed E-state index contributed by atoms with van der Waals surface area (Å²) in [5, 5.41) is 3.93. The predicted molar refractivity (Wildman–Crippen MR) is 110 cm³/mol. The van der Waals surface area contributed by atoms with E-state index in [4.69, 9.17) is 14.0 Å². The number of carbonyl (C=O) groups excluding carboxylic acids is 1. The predicted octanol–water partition coefficient (Wildman–Crippen LogP) is 3.52. The number of nitrogens with zero attached hydrogens (tertiary/aromatic N) is 3. The van der Waals surface area contributed by atoms with Gasteiger partial charge in [0.05, 0.1) is 25.5 Å². The van der Waals surface area contributed by atoms with Crippen LogP contribution < -0.4 is 9.47 Å². The summed E-state index contributed by atoms with van der Waals surface area (Å²) in [6.07, 6.45) is 1.82. The van der Waals surface area contributed by atoms with Gasteiger partial charge in [-0.15, -0.1) is 0 Å². The second-order valence-electron chi connectivity index (χ2n) is 7.36. The van der Waals surface area contributed by atoms with E-state index in [0.29, 0.717) is 43.4 Å². The summed E-state index contributed by atoms with van der Waals surface area (Å²) >= 11 is 0. The lowest BCUT2D eigenvalue weighted by Crippen LogP contribution is -2.48. The summed E-state index contributed by atoms with van der Waals surface area (Å²) in [4.78, 5) is 17.2. The topological polar surface area (TPSA) is 68.0 Å². The lowest BCUT2D eigenvalue weighted by molar-refractivity contribution is 0.0617. The molecule has 0 atom stereocenters. The van der Waals surface area contributed by atoms with Crippen molar-refractivity contribution in [3.05, 3.63) is 41.3 Å². The maximum Gasteiger partial charge on any atom is 0.254 e. The van der Waals surface area contributed by atoms with Gasteiger partial charge in [0.15, 0.2) is 17.3 Å². The fourth-order valence-electron chi connectivity index (χ4n) is 3.30. The Morgan fingerprint density at radius 1 is 1.03 bits per heavy atom. The Hall–Kier alpha value is -2.54. The fraction of sp³-hybridized carbons (Fsp3) is 0.545. The monoisotopic (exact) mass is 401 g/mol. The van der Waals surface area contributed by atoms with Gasteiger partial charge in [0.2, 0.25) is 0 Å². The summed E-state index contributed by atoms with van der Waals surface area (Å²) in [7, 11) is 0. The highest BCUT2D eigenvalue weighted by atomic mass is 16.5. The second-order valence-corrected chi connectivity index (χ2v) is 7.36. The highest BCUT2D eigenvalue weighted by molar-refractivity contribution is 5.95. The van der Waals surface area contributed by atoms with Crippen LogP contribution in [0, 0.1) is 6.92 Å². The summed E-state index contributed by atoms with van der Waals surface area (Å²) in [6.45, 7) is 11.0. The van der Waals surface area contributed by atoms with Crippen molar-refractivity contribution in [1.82, 2.24) is 15.0 Å². The van der Waals surface area contributed by atoms with E-state index < -0.39 is 0 Å². The number of aromatic nitrogens is 1. The SMILES string of the molecule is CCCOc1ccc(C(=O)N2CCN(Cc3cc(C)no3)CC2)cc1OCCC. The molecule has 3 rings (SSSR count). The van der Waals surface area contributed by atoms with Crippen molar-refractivity contribution in [3.63, 3.8) is 0 Å². The quantitative estimate of drug-likeness (QED) is 0.640. The molecule has 1 amide bonds. The van der Waals surface area contributed by atoms with Crippen molar-refractivity contribution >= 4 is 5.91 Å². The number of carbonyl (C=O) groups is 1. The number of hydrogen-bond acceptors (Lipinski definition) is 6. The average Bonchev–Trinajstić information content (AvgIpc) is 3.15. The van der Waals surface area contributed by atoms with Gasteiger partial charge in [0.25, 0.3) is 5.91 Å². The molecule has 1 fully saturated rings. The molecule has 0 aliphatic carbocycles. The zero-order valence-corrected chi connectivity index (χ0v) is 17.6. The van der Waals surface area contributed by atoms with Gasteiger partial charge in [-0.25, -0.2) is 0 Å². The molecule has 1 aliphatic rings. The number of ether oxygens (including phenoxy) is 2. The van der Waals surface area contributed by atoms with Crippen molar-refractivity contribution in [2.45, 2.75) is 40.2 Å². The lowest BCUT2D eigenvalue weighted by Gasteiger charge is -2.34. The molecule has 0 bridgehead atoms. The van der Waals surface area contributed by atoms with Gasteiger partial charge >= 0.3 is 0 Å². The number of benzene rings is 1. The van der Waals surface area contributed by atoms with Crippen LogP contribution in [0.5, 0.6) is 11.5 Å². The molecule has 2 aromatic rings. The number of rotatable bonds is 9. The first-order valence-corrected chi connectivity index (χ1v) is 10.4. The minimum atomic E-state index is 0.0311. The van der Waals surface area contributed by atoms with E-state index in [1.807, 2.05) is 36.1 Å². The minimum absolute atomic E-state index is 0.0311. The standard InChI is InChI=1S/C22H31N3O4/c1-4-12-27-20-7-6-18(15-21(20)28-13-5-2)22(26)25-10-8-24(9-11-25)16-19-14-17(3)23-29-19/h6-7,14-15H,4-5,8-13,16H2,1-3H3. The number of aryl methyl sites for hydroxylation is 1. The van der Waals surface area contributed by atoms with E-state index in [1.165, 1.54) is 0 Å². The molecular weight excluding hydrogens is 370 g/mol. The smallest absolute Gasteiger partial charge is 0.254 e. The molecule has 0 N–H and O–H groups in total. The molecular formula is C22H31N3O4. The first-order chi connectivity index (χ1) is 14.1. The number of hydrogen-bond donors (Lipinski definition) is 0. The molecule has 7 heteroatoms. The highest BCUT2D eigenvalue weighted by Crippen LogP contribution is 2.29. The molecule has 29 heavy (non-hydrogen) atoms. The van der Waals surface area contributed by atoms with Crippen LogP contribution in [0.3, 0.4) is 0 Å². The fourth-order valence-corrected chi connectivity index (χ4v) is 3.30. The maximum absolute atomic E-state index is 13.0. The minimum Gasteiger partial charge on any atom is -0.490 e. The van der Waals surface area contributed by atoms with Crippen molar-refractivity contribution in [2.24, 2.45) is 0 Å². The highest BCUT2D eigenvalue weighted by Gasteiger charge is 2.24. The van der Waals surface area contributed by atoms with E-state index in [1.54, 1.807) is 0 Å². The molecule has 0 radical (unpaired) electrons. The van der Waals surface area contributed by atoms with E-state index >= 15 is 0 Å². The van der Waals surface area contributed by atoms with Crippen LogP contribution in [0.2, 0.25) is 0 Å². The molecule has 1 saturated heterocycles. The average molecular weight is 402 g/mol. The van der Waals surface area contributed by atoms with Gasteiger partial charge in [-0.2, -0.15) is 0 Å². The van der Waals surface area contributed by atoms with E-state index in [-0.39, 0.29) is 5.91 Å². The normalized spacial score (nSPS) is 14.8. The molecule has 0 unspecified atom stereocenters. The molecule has 1 aliphatic heterocycles. The van der Waals surface area contributed by atoms with Gasteiger partial charge in [-0.3, -0.25) is 9.69 Å². The van der Waals surface area contributed by atoms with E-state index in [2.05, 4.69) is 23.9 Å². The van der Waals surface area contributed by atoms with Gasteiger partial charge in [-0.1, -0.05) is 19.0 Å². The largest absolute Gasteiger partial charge is 0.490 e. The molecule has 1 aromatic heterocycles.